The van der Waals surface area contributed by atoms with E-state index in [0.717, 1.165) is 0 Å². The molecule has 1 unspecified atom stereocenters. The van der Waals surface area contributed by atoms with Gasteiger partial charge in [-0.15, -0.1) is 0 Å². The summed E-state index contributed by atoms with van der Waals surface area (Å²) in [6, 6.07) is 0. The highest BCUT2D eigenvalue weighted by molar-refractivity contribution is 5.87. The third kappa shape index (κ3) is 4.39. The molecule has 1 saturated heterocycles. The monoisotopic (exact) mass is 255 g/mol. The van der Waals surface area contributed by atoms with Crippen LogP contribution in [0.5, 0.6) is 0 Å². The molecule has 5 nitrogen and oxygen atoms in total. The minimum absolute atomic E-state index is 0.262. The average molecular weight is 255 g/mol. The van der Waals surface area contributed by atoms with Crippen molar-refractivity contribution in [1.29, 1.82) is 0 Å². The van der Waals surface area contributed by atoms with Crippen molar-refractivity contribution in [3.63, 3.8) is 0 Å². The summed E-state index contributed by atoms with van der Waals surface area (Å²) < 4.78 is 10.4. The van der Waals surface area contributed by atoms with Crippen LogP contribution in [0.4, 0.5) is 4.79 Å². The molecule has 0 spiro atoms. The van der Waals surface area contributed by atoms with Gasteiger partial charge in [0.15, 0.2) is 0 Å². The van der Waals surface area contributed by atoms with Crippen molar-refractivity contribution in [2.75, 3.05) is 13.1 Å². The third-order valence-electron chi connectivity index (χ3n) is 2.42. The number of nitrogens with zero attached hydrogens (tertiary/aromatic N) is 1. The molecule has 1 atom stereocenters. The molecule has 102 valence electrons. The summed E-state index contributed by atoms with van der Waals surface area (Å²) in [4.78, 5) is 24.7. The Hall–Kier alpha value is -1.52. The number of rotatable bonds is 2. The molecule has 1 aliphatic heterocycles. The van der Waals surface area contributed by atoms with Crippen molar-refractivity contribution in [1.82, 2.24) is 4.90 Å². The molecule has 0 aromatic carbocycles. The fourth-order valence-corrected chi connectivity index (χ4v) is 1.57. The minimum atomic E-state index is -0.510. The van der Waals surface area contributed by atoms with Gasteiger partial charge in [0.2, 0.25) is 0 Å². The standard InChI is InChI=1S/C13H21NO4/c1-9(2)11(15)17-10-6-7-14(8-10)12(16)18-13(3,4)5/h10H,1,6-8H2,2-5H3. The summed E-state index contributed by atoms with van der Waals surface area (Å²) in [6.45, 7) is 11.5. The first-order valence-electron chi connectivity index (χ1n) is 6.03. The molecule has 1 amide bonds. The maximum atomic E-state index is 11.8. The fourth-order valence-electron chi connectivity index (χ4n) is 1.57. The Morgan fingerprint density at radius 1 is 1.33 bits per heavy atom. The van der Waals surface area contributed by atoms with E-state index in [1.165, 1.54) is 0 Å². The van der Waals surface area contributed by atoms with Gasteiger partial charge in [-0.25, -0.2) is 9.59 Å². The summed E-state index contributed by atoms with van der Waals surface area (Å²) in [5.41, 5.74) is -0.144. The summed E-state index contributed by atoms with van der Waals surface area (Å²) >= 11 is 0. The van der Waals surface area contributed by atoms with Crippen LogP contribution in [0.25, 0.3) is 0 Å². The lowest BCUT2D eigenvalue weighted by atomic mass is 10.2. The molecule has 1 heterocycles. The van der Waals surface area contributed by atoms with E-state index >= 15 is 0 Å². The summed E-state index contributed by atoms with van der Waals surface area (Å²) in [5.74, 6) is -0.411. The number of carbonyl (C=O) groups is 2. The molecule has 1 fully saturated rings. The summed E-state index contributed by atoms with van der Waals surface area (Å²) in [5, 5.41) is 0. The van der Waals surface area contributed by atoms with E-state index in [9.17, 15) is 9.59 Å². The van der Waals surface area contributed by atoms with Crippen LogP contribution < -0.4 is 0 Å². The number of hydrogen-bond acceptors (Lipinski definition) is 4. The number of likely N-dealkylation sites (tertiary alicyclic amines) is 1. The second-order valence-electron chi connectivity index (χ2n) is 5.52. The van der Waals surface area contributed by atoms with E-state index in [0.29, 0.717) is 25.1 Å². The number of ether oxygens (including phenoxy) is 2. The molecule has 0 N–H and O–H groups in total. The van der Waals surface area contributed by atoms with Gasteiger partial charge in [0.1, 0.15) is 11.7 Å². The van der Waals surface area contributed by atoms with Gasteiger partial charge in [-0.1, -0.05) is 6.58 Å². The van der Waals surface area contributed by atoms with Crippen molar-refractivity contribution < 1.29 is 19.1 Å². The molecular formula is C13H21NO4. The van der Waals surface area contributed by atoms with E-state index in [-0.39, 0.29) is 12.2 Å². The highest BCUT2D eigenvalue weighted by atomic mass is 16.6. The molecule has 18 heavy (non-hydrogen) atoms. The largest absolute Gasteiger partial charge is 0.457 e. The van der Waals surface area contributed by atoms with Crippen LogP contribution >= 0.6 is 0 Å². The van der Waals surface area contributed by atoms with Crippen molar-refractivity contribution in [3.8, 4) is 0 Å². The Kier molecular flexibility index (Phi) is 4.38. The zero-order chi connectivity index (χ0) is 13.9. The predicted molar refractivity (Wildman–Crippen MR) is 67.1 cm³/mol. The van der Waals surface area contributed by atoms with Crippen LogP contribution in [0.15, 0.2) is 12.2 Å². The van der Waals surface area contributed by atoms with Gasteiger partial charge >= 0.3 is 12.1 Å². The molecule has 1 rings (SSSR count). The lowest BCUT2D eigenvalue weighted by molar-refractivity contribution is -0.143. The zero-order valence-electron chi connectivity index (χ0n) is 11.5. The smallest absolute Gasteiger partial charge is 0.410 e. The van der Waals surface area contributed by atoms with Crippen LogP contribution in [-0.2, 0) is 14.3 Å². The average Bonchev–Trinajstić information content (AvgIpc) is 2.63. The number of amides is 1. The fraction of sp³-hybridized carbons (Fsp3) is 0.692. The first kappa shape index (κ1) is 14.5. The van der Waals surface area contributed by atoms with E-state index < -0.39 is 11.6 Å². The molecule has 5 heteroatoms. The van der Waals surface area contributed by atoms with Gasteiger partial charge in [0, 0.05) is 18.5 Å². The van der Waals surface area contributed by atoms with Gasteiger partial charge in [-0.3, -0.25) is 0 Å². The van der Waals surface area contributed by atoms with Crippen molar-refractivity contribution in [2.24, 2.45) is 0 Å². The molecule has 0 aromatic rings. The SMILES string of the molecule is C=C(C)C(=O)OC1CCN(C(=O)OC(C)(C)C)C1. The van der Waals surface area contributed by atoms with E-state index in [1.54, 1.807) is 11.8 Å². The molecular weight excluding hydrogens is 234 g/mol. The molecule has 0 bridgehead atoms. The highest BCUT2D eigenvalue weighted by Crippen LogP contribution is 2.17. The Morgan fingerprint density at radius 2 is 1.94 bits per heavy atom. The van der Waals surface area contributed by atoms with Crippen LogP contribution in [0.2, 0.25) is 0 Å². The lowest BCUT2D eigenvalue weighted by Gasteiger charge is -2.24. The molecule has 1 aliphatic rings. The highest BCUT2D eigenvalue weighted by Gasteiger charge is 2.31. The first-order valence-corrected chi connectivity index (χ1v) is 6.03. The maximum Gasteiger partial charge on any atom is 0.410 e. The van der Waals surface area contributed by atoms with Crippen LogP contribution in [-0.4, -0.2) is 41.8 Å². The predicted octanol–water partition coefficient (Wildman–Crippen LogP) is 2.12. The Labute approximate surface area is 108 Å². The maximum absolute atomic E-state index is 11.8. The van der Waals surface area contributed by atoms with Crippen molar-refractivity contribution in [2.45, 2.75) is 45.8 Å². The minimum Gasteiger partial charge on any atom is -0.457 e. The summed E-state index contributed by atoms with van der Waals surface area (Å²) in [7, 11) is 0. The Bertz CT molecular complexity index is 356. The second-order valence-corrected chi connectivity index (χ2v) is 5.52. The van der Waals surface area contributed by atoms with Gasteiger partial charge < -0.3 is 14.4 Å². The van der Waals surface area contributed by atoms with Gasteiger partial charge in [0.05, 0.1) is 6.54 Å². The Balaban J connectivity index is 2.44. The van der Waals surface area contributed by atoms with E-state index in [4.69, 9.17) is 9.47 Å². The van der Waals surface area contributed by atoms with Gasteiger partial charge in [0.25, 0.3) is 0 Å². The number of hydrogen-bond donors (Lipinski definition) is 0. The normalized spacial score (nSPS) is 19.6. The van der Waals surface area contributed by atoms with E-state index in [1.807, 2.05) is 20.8 Å². The first-order chi connectivity index (χ1) is 8.19. The number of carbonyl (C=O) groups excluding carboxylic acids is 2. The van der Waals surface area contributed by atoms with Crippen LogP contribution in [0.1, 0.15) is 34.1 Å². The quantitative estimate of drug-likeness (QED) is 0.560. The topological polar surface area (TPSA) is 55.8 Å². The lowest BCUT2D eigenvalue weighted by Crippen LogP contribution is -2.36. The van der Waals surface area contributed by atoms with Gasteiger partial charge in [-0.2, -0.15) is 0 Å². The molecule has 0 aliphatic carbocycles. The molecule has 0 saturated carbocycles. The number of esters is 1. The third-order valence-corrected chi connectivity index (χ3v) is 2.42. The molecule has 0 radical (unpaired) electrons. The van der Waals surface area contributed by atoms with Crippen molar-refractivity contribution in [3.05, 3.63) is 12.2 Å². The summed E-state index contributed by atoms with van der Waals surface area (Å²) in [6.07, 6.45) is 0.0104. The zero-order valence-corrected chi connectivity index (χ0v) is 11.5. The van der Waals surface area contributed by atoms with Gasteiger partial charge in [-0.05, 0) is 27.7 Å². The second kappa shape index (κ2) is 5.42. The van der Waals surface area contributed by atoms with Crippen molar-refractivity contribution >= 4 is 12.1 Å². The van der Waals surface area contributed by atoms with Crippen LogP contribution in [0, 0.1) is 0 Å². The Morgan fingerprint density at radius 3 is 2.44 bits per heavy atom. The van der Waals surface area contributed by atoms with E-state index in [2.05, 4.69) is 6.58 Å². The van der Waals surface area contributed by atoms with Crippen LogP contribution in [0.3, 0.4) is 0 Å². The molecule has 0 aromatic heterocycles.